The molecule has 5 heteroatoms. The van der Waals surface area contributed by atoms with Gasteiger partial charge in [0.1, 0.15) is 5.82 Å². The van der Waals surface area contributed by atoms with E-state index in [9.17, 15) is 9.18 Å². The lowest BCUT2D eigenvalue weighted by Gasteiger charge is -2.25. The van der Waals surface area contributed by atoms with E-state index in [0.29, 0.717) is 5.92 Å². The van der Waals surface area contributed by atoms with Gasteiger partial charge in [-0.05, 0) is 62.4 Å². The Bertz CT molecular complexity index is 526. The van der Waals surface area contributed by atoms with E-state index in [1.807, 2.05) is 6.07 Å². The number of piperidine rings is 1. The molecule has 3 nitrogen and oxygen atoms in total. The highest BCUT2D eigenvalue weighted by atomic mass is 35.5. The number of hydrogen-bond donors (Lipinski definition) is 2. The van der Waals surface area contributed by atoms with Gasteiger partial charge in [0.2, 0.25) is 0 Å². The number of nitrogens with one attached hydrogen (secondary N) is 2. The van der Waals surface area contributed by atoms with Crippen LogP contribution in [0.1, 0.15) is 66.8 Å². The standard InChI is InChI=1S/C18H25FN2O.ClH/c19-17-7-6-14(13-8-10-20-11-9-13)12-16(17)18(22)21-15-4-2-1-3-5-15;/h6-7,12-13,15,20H,1-5,8-11H2,(H,21,22);1H. The zero-order valence-electron chi connectivity index (χ0n) is 13.4. The molecule has 1 aliphatic heterocycles. The zero-order chi connectivity index (χ0) is 15.4. The molecule has 128 valence electrons. The second-order valence-electron chi connectivity index (χ2n) is 6.57. The lowest BCUT2D eigenvalue weighted by Crippen LogP contribution is -2.36. The van der Waals surface area contributed by atoms with Crippen molar-refractivity contribution < 1.29 is 9.18 Å². The molecule has 1 aliphatic carbocycles. The van der Waals surface area contributed by atoms with Gasteiger partial charge < -0.3 is 10.6 Å². The van der Waals surface area contributed by atoms with Crippen LogP contribution in [0.2, 0.25) is 0 Å². The fourth-order valence-corrected chi connectivity index (χ4v) is 3.64. The second-order valence-corrected chi connectivity index (χ2v) is 6.57. The van der Waals surface area contributed by atoms with Crippen LogP contribution < -0.4 is 10.6 Å². The van der Waals surface area contributed by atoms with Crippen molar-refractivity contribution in [3.63, 3.8) is 0 Å². The summed E-state index contributed by atoms with van der Waals surface area (Å²) in [4.78, 5) is 12.4. The third-order valence-electron chi connectivity index (χ3n) is 4.99. The maximum Gasteiger partial charge on any atom is 0.254 e. The van der Waals surface area contributed by atoms with Crippen LogP contribution in [0.3, 0.4) is 0 Å². The molecule has 2 fully saturated rings. The Morgan fingerprint density at radius 3 is 2.48 bits per heavy atom. The first-order valence-corrected chi connectivity index (χ1v) is 8.55. The molecule has 0 aromatic heterocycles. The SMILES string of the molecule is Cl.O=C(NC1CCCCC1)c1cc(C2CCNCC2)ccc1F. The van der Waals surface area contributed by atoms with E-state index in [-0.39, 0.29) is 29.9 Å². The van der Waals surface area contributed by atoms with Crippen LogP contribution in [-0.4, -0.2) is 25.0 Å². The zero-order valence-corrected chi connectivity index (χ0v) is 14.3. The maximum absolute atomic E-state index is 14.1. The molecule has 0 atom stereocenters. The van der Waals surface area contributed by atoms with Crippen LogP contribution in [-0.2, 0) is 0 Å². The molecule has 0 bridgehead atoms. The van der Waals surface area contributed by atoms with Gasteiger partial charge in [-0.2, -0.15) is 0 Å². The average molecular weight is 341 g/mol. The maximum atomic E-state index is 14.1. The van der Waals surface area contributed by atoms with Gasteiger partial charge in [-0.15, -0.1) is 12.4 Å². The van der Waals surface area contributed by atoms with Crippen LogP contribution in [0.25, 0.3) is 0 Å². The number of rotatable bonds is 3. The number of carbonyl (C=O) groups is 1. The first-order chi connectivity index (χ1) is 10.7. The fourth-order valence-electron chi connectivity index (χ4n) is 3.64. The molecule has 1 aromatic rings. The number of carbonyl (C=O) groups excluding carboxylic acids is 1. The van der Waals surface area contributed by atoms with Crippen molar-refractivity contribution in [3.8, 4) is 0 Å². The van der Waals surface area contributed by atoms with Gasteiger partial charge in [0, 0.05) is 6.04 Å². The first-order valence-electron chi connectivity index (χ1n) is 8.55. The van der Waals surface area contributed by atoms with Crippen molar-refractivity contribution in [2.45, 2.75) is 56.9 Å². The summed E-state index contributed by atoms with van der Waals surface area (Å²) in [5.74, 6) is -0.228. The molecule has 1 heterocycles. The van der Waals surface area contributed by atoms with E-state index >= 15 is 0 Å². The van der Waals surface area contributed by atoms with Gasteiger partial charge in [-0.1, -0.05) is 25.3 Å². The molecular weight excluding hydrogens is 315 g/mol. The minimum absolute atomic E-state index is 0. The molecule has 0 radical (unpaired) electrons. The van der Waals surface area contributed by atoms with E-state index in [1.54, 1.807) is 6.07 Å². The Labute approximate surface area is 143 Å². The van der Waals surface area contributed by atoms with Crippen molar-refractivity contribution in [2.75, 3.05) is 13.1 Å². The molecule has 1 saturated heterocycles. The fraction of sp³-hybridized carbons (Fsp3) is 0.611. The molecule has 2 aliphatic rings. The first kappa shape index (κ1) is 18.2. The third-order valence-corrected chi connectivity index (χ3v) is 4.99. The molecule has 0 spiro atoms. The quantitative estimate of drug-likeness (QED) is 0.879. The van der Waals surface area contributed by atoms with Gasteiger partial charge in [-0.3, -0.25) is 4.79 Å². The van der Waals surface area contributed by atoms with Gasteiger partial charge >= 0.3 is 0 Å². The van der Waals surface area contributed by atoms with E-state index in [0.717, 1.165) is 57.2 Å². The van der Waals surface area contributed by atoms with Gasteiger partial charge in [0.05, 0.1) is 5.56 Å². The second kappa shape index (κ2) is 8.65. The summed E-state index contributed by atoms with van der Waals surface area (Å²) in [7, 11) is 0. The summed E-state index contributed by atoms with van der Waals surface area (Å²) in [6, 6.07) is 5.27. The lowest BCUT2D eigenvalue weighted by molar-refractivity contribution is 0.0923. The van der Waals surface area contributed by atoms with E-state index in [4.69, 9.17) is 0 Å². The highest BCUT2D eigenvalue weighted by Gasteiger charge is 2.21. The summed E-state index contributed by atoms with van der Waals surface area (Å²) in [5, 5.41) is 6.35. The Morgan fingerprint density at radius 1 is 1.09 bits per heavy atom. The largest absolute Gasteiger partial charge is 0.349 e. The topological polar surface area (TPSA) is 41.1 Å². The Balaban J connectivity index is 0.00000192. The summed E-state index contributed by atoms with van der Waals surface area (Å²) >= 11 is 0. The Morgan fingerprint density at radius 2 is 1.78 bits per heavy atom. The predicted molar refractivity (Wildman–Crippen MR) is 92.8 cm³/mol. The molecule has 2 N–H and O–H groups in total. The van der Waals surface area contributed by atoms with Gasteiger partial charge in [0.15, 0.2) is 0 Å². The highest BCUT2D eigenvalue weighted by molar-refractivity contribution is 5.94. The van der Waals surface area contributed by atoms with Crippen molar-refractivity contribution in [1.29, 1.82) is 0 Å². The number of hydrogen-bond acceptors (Lipinski definition) is 2. The minimum Gasteiger partial charge on any atom is -0.349 e. The third kappa shape index (κ3) is 4.67. The number of amides is 1. The van der Waals surface area contributed by atoms with E-state index in [1.165, 1.54) is 12.5 Å². The molecule has 0 unspecified atom stereocenters. The van der Waals surface area contributed by atoms with Crippen molar-refractivity contribution in [1.82, 2.24) is 10.6 Å². The highest BCUT2D eigenvalue weighted by Crippen LogP contribution is 2.27. The van der Waals surface area contributed by atoms with E-state index in [2.05, 4.69) is 10.6 Å². The molecule has 3 rings (SSSR count). The van der Waals surface area contributed by atoms with Crippen LogP contribution >= 0.6 is 12.4 Å². The van der Waals surface area contributed by atoms with Crippen LogP contribution in [0, 0.1) is 5.82 Å². The van der Waals surface area contributed by atoms with Crippen LogP contribution in [0.15, 0.2) is 18.2 Å². The van der Waals surface area contributed by atoms with Crippen molar-refractivity contribution in [2.24, 2.45) is 0 Å². The summed E-state index contributed by atoms with van der Waals surface area (Å²) in [6.07, 6.45) is 7.68. The molecular formula is C18H26ClFN2O. The monoisotopic (exact) mass is 340 g/mol. The normalized spacial score (nSPS) is 19.9. The van der Waals surface area contributed by atoms with Crippen LogP contribution in [0.5, 0.6) is 0 Å². The molecule has 1 amide bonds. The van der Waals surface area contributed by atoms with E-state index < -0.39 is 5.82 Å². The minimum atomic E-state index is -0.411. The molecule has 23 heavy (non-hydrogen) atoms. The lowest BCUT2D eigenvalue weighted by atomic mass is 9.89. The Kier molecular flexibility index (Phi) is 6.85. The number of benzene rings is 1. The van der Waals surface area contributed by atoms with Crippen molar-refractivity contribution in [3.05, 3.63) is 35.1 Å². The Hall–Kier alpha value is -1.13. The summed E-state index contributed by atoms with van der Waals surface area (Å²) < 4.78 is 14.1. The van der Waals surface area contributed by atoms with Crippen molar-refractivity contribution >= 4 is 18.3 Å². The van der Waals surface area contributed by atoms with Crippen LogP contribution in [0.4, 0.5) is 4.39 Å². The summed E-state index contributed by atoms with van der Waals surface area (Å²) in [6.45, 7) is 1.98. The predicted octanol–water partition coefficient (Wildman–Crippen LogP) is 3.78. The molecule has 1 aromatic carbocycles. The average Bonchev–Trinajstić information content (AvgIpc) is 2.57. The summed E-state index contributed by atoms with van der Waals surface area (Å²) in [5.41, 5.74) is 1.30. The number of halogens is 2. The molecule has 1 saturated carbocycles. The van der Waals surface area contributed by atoms with Gasteiger partial charge in [-0.25, -0.2) is 4.39 Å². The smallest absolute Gasteiger partial charge is 0.254 e. The van der Waals surface area contributed by atoms with Gasteiger partial charge in [0.25, 0.3) is 5.91 Å².